The fourth-order valence-corrected chi connectivity index (χ4v) is 0. The Hall–Kier alpha value is -0.0600. The maximum absolute atomic E-state index is 8.95. The third-order valence-corrected chi connectivity index (χ3v) is 0. The Balaban J connectivity index is 0. The van der Waals surface area contributed by atoms with Crippen molar-refractivity contribution in [1.82, 2.24) is 0 Å². The Morgan fingerprint density at radius 3 is 1.75 bits per heavy atom. The van der Waals surface area contributed by atoms with Gasteiger partial charge in [0.15, 0.2) is 0 Å². The summed E-state index contributed by atoms with van der Waals surface area (Å²) in [5.41, 5.74) is 0. The summed E-state index contributed by atoms with van der Waals surface area (Å²) in [7, 11) is -0.137. The van der Waals surface area contributed by atoms with Crippen molar-refractivity contribution in [2.45, 2.75) is 6.92 Å². The maximum Gasteiger partial charge on any atom is 0.353 e. The average Bonchev–Trinajstić information content (AvgIpc) is 1.27. The summed E-state index contributed by atoms with van der Waals surface area (Å²) in [6, 6.07) is 0. The second-order valence-electron chi connectivity index (χ2n) is 0.820. The fraction of sp³-hybridized carbons (Fsp3) is 0.333. The highest BCUT2D eigenvalue weighted by Gasteiger charge is 1.86. The number of halogens is 1. The van der Waals surface area contributed by atoms with Crippen LogP contribution < -0.4 is 0 Å². The van der Waals surface area contributed by atoms with Crippen LogP contribution in [-0.4, -0.2) is 13.0 Å². The first-order valence-electron chi connectivity index (χ1n) is 1.66. The van der Waals surface area contributed by atoms with Gasteiger partial charge in [0, 0.05) is 10.7 Å². The topological polar surface area (TPSA) is 54.4 Å². The third kappa shape index (κ3) is 40300. The predicted octanol–water partition coefficient (Wildman–Crippen LogP) is 1.22. The molecule has 0 radical (unpaired) electrons. The molecule has 0 aliphatic heterocycles. The molecule has 0 unspecified atom stereocenters. The molecule has 0 heterocycles. The zero-order chi connectivity index (χ0) is 7.21. The van der Waals surface area contributed by atoms with Gasteiger partial charge in [-0.2, -0.15) is 8.42 Å². The van der Waals surface area contributed by atoms with Gasteiger partial charge in [-0.05, 0) is 6.92 Å². The molecule has 1 N–H and O–H groups in total. The molecule has 0 aromatic carbocycles. The van der Waals surface area contributed by atoms with Crippen molar-refractivity contribution in [1.29, 1.82) is 0 Å². The van der Waals surface area contributed by atoms with E-state index in [1.807, 2.05) is 6.92 Å². The number of hydrogen-bond donors (Lipinski definition) is 1. The van der Waals surface area contributed by atoms with Crippen molar-refractivity contribution in [2.24, 2.45) is 0 Å². The zero-order valence-electron chi connectivity index (χ0n) is 4.33. The Morgan fingerprint density at radius 2 is 1.75 bits per heavy atom. The van der Waals surface area contributed by atoms with E-state index < -0.39 is 9.33 Å². The van der Waals surface area contributed by atoms with E-state index in [1.54, 1.807) is 6.08 Å². The lowest BCUT2D eigenvalue weighted by Gasteiger charge is -1.65. The van der Waals surface area contributed by atoms with Crippen molar-refractivity contribution in [3.63, 3.8) is 0 Å². The molecule has 0 aromatic heterocycles. The zero-order valence-corrected chi connectivity index (χ0v) is 5.91. The lowest BCUT2D eigenvalue weighted by atomic mass is 10.8. The molecule has 0 fully saturated rings. The van der Waals surface area contributed by atoms with Crippen molar-refractivity contribution in [2.75, 3.05) is 0 Å². The summed E-state index contributed by atoms with van der Waals surface area (Å²) in [5.74, 6) is 0. The van der Waals surface area contributed by atoms with Gasteiger partial charge in [0.05, 0.1) is 0 Å². The van der Waals surface area contributed by atoms with Crippen LogP contribution in [0.2, 0.25) is 0 Å². The number of allylic oxidation sites excluding steroid dienone is 1. The van der Waals surface area contributed by atoms with Gasteiger partial charge in [-0.3, -0.25) is 4.55 Å². The van der Waals surface area contributed by atoms with E-state index >= 15 is 0 Å². The van der Waals surface area contributed by atoms with Crippen molar-refractivity contribution < 1.29 is 13.0 Å². The molecule has 0 amide bonds. The smallest absolute Gasteiger partial charge is 0.273 e. The molecule has 0 aliphatic carbocycles. The SMILES string of the molecule is C=CC.O=S(=O)(O)Cl. The van der Waals surface area contributed by atoms with Gasteiger partial charge >= 0.3 is 9.33 Å². The second kappa shape index (κ2) is 5.08. The van der Waals surface area contributed by atoms with E-state index in [4.69, 9.17) is 13.0 Å². The highest BCUT2D eigenvalue weighted by molar-refractivity contribution is 8.09. The van der Waals surface area contributed by atoms with Gasteiger partial charge in [0.2, 0.25) is 0 Å². The Morgan fingerprint density at radius 1 is 1.75 bits per heavy atom. The average molecular weight is 159 g/mol. The minimum Gasteiger partial charge on any atom is -0.273 e. The van der Waals surface area contributed by atoms with Gasteiger partial charge in [-0.15, -0.1) is 6.58 Å². The van der Waals surface area contributed by atoms with Gasteiger partial charge in [0.1, 0.15) is 0 Å². The van der Waals surface area contributed by atoms with E-state index in [1.165, 1.54) is 0 Å². The number of rotatable bonds is 0. The van der Waals surface area contributed by atoms with E-state index in [0.717, 1.165) is 0 Å². The standard InChI is InChI=1S/C3H6.ClHO3S/c1-3-2;1-5(2,3)4/h3H,1H2,2H3;(H,2,3,4). The summed E-state index contributed by atoms with van der Waals surface area (Å²) in [4.78, 5) is 0. The molecular formula is C3H7ClO3S. The Labute approximate surface area is 53.2 Å². The highest BCUT2D eigenvalue weighted by atomic mass is 35.7. The molecule has 50 valence electrons. The van der Waals surface area contributed by atoms with Gasteiger partial charge in [0.25, 0.3) is 0 Å². The molecule has 0 spiro atoms. The summed E-state index contributed by atoms with van der Waals surface area (Å²) >= 11 is 0. The molecule has 5 heteroatoms. The molecule has 0 bridgehead atoms. The van der Waals surface area contributed by atoms with Gasteiger partial charge in [-0.1, -0.05) is 6.08 Å². The van der Waals surface area contributed by atoms with Crippen molar-refractivity contribution in [3.8, 4) is 0 Å². The summed E-state index contributed by atoms with van der Waals surface area (Å²) in [5, 5.41) is 0. The molecular weight excluding hydrogens is 152 g/mol. The fourth-order valence-electron chi connectivity index (χ4n) is 0. The van der Waals surface area contributed by atoms with Gasteiger partial charge in [-0.25, -0.2) is 0 Å². The number of hydrogen-bond acceptors (Lipinski definition) is 2. The minimum atomic E-state index is -4.19. The Kier molecular flexibility index (Phi) is 6.89. The molecule has 8 heavy (non-hydrogen) atoms. The monoisotopic (exact) mass is 158 g/mol. The van der Waals surface area contributed by atoms with Crippen LogP contribution in [0.4, 0.5) is 0 Å². The van der Waals surface area contributed by atoms with E-state index in [0.29, 0.717) is 0 Å². The maximum atomic E-state index is 8.95. The first kappa shape index (κ1) is 10.8. The lowest BCUT2D eigenvalue weighted by molar-refractivity contribution is 0.501. The quantitative estimate of drug-likeness (QED) is 0.328. The largest absolute Gasteiger partial charge is 0.353 e. The van der Waals surface area contributed by atoms with Crippen LogP contribution in [0, 0.1) is 0 Å². The van der Waals surface area contributed by atoms with E-state index in [9.17, 15) is 0 Å². The van der Waals surface area contributed by atoms with Crippen molar-refractivity contribution in [3.05, 3.63) is 12.7 Å². The molecule has 0 aromatic rings. The van der Waals surface area contributed by atoms with Crippen LogP contribution in [-0.2, 0) is 9.33 Å². The van der Waals surface area contributed by atoms with Crippen LogP contribution in [0.3, 0.4) is 0 Å². The molecule has 0 saturated carbocycles. The first-order valence-corrected chi connectivity index (χ1v) is 3.92. The van der Waals surface area contributed by atoms with Crippen LogP contribution in [0.1, 0.15) is 6.92 Å². The van der Waals surface area contributed by atoms with Crippen LogP contribution in [0.15, 0.2) is 12.7 Å². The van der Waals surface area contributed by atoms with Gasteiger partial charge < -0.3 is 0 Å². The predicted molar refractivity (Wildman–Crippen MR) is 33.3 cm³/mol. The summed E-state index contributed by atoms with van der Waals surface area (Å²) < 4.78 is 25.2. The van der Waals surface area contributed by atoms with E-state index in [-0.39, 0.29) is 0 Å². The molecule has 0 rings (SSSR count). The molecule has 3 nitrogen and oxygen atoms in total. The van der Waals surface area contributed by atoms with Crippen molar-refractivity contribution >= 4 is 20.0 Å². The van der Waals surface area contributed by atoms with Crippen LogP contribution >= 0.6 is 10.7 Å². The summed E-state index contributed by atoms with van der Waals surface area (Å²) in [6.45, 7) is 5.25. The molecule has 0 atom stereocenters. The van der Waals surface area contributed by atoms with E-state index in [2.05, 4.69) is 17.3 Å². The van der Waals surface area contributed by atoms with Crippen LogP contribution in [0.5, 0.6) is 0 Å². The lowest BCUT2D eigenvalue weighted by Crippen LogP contribution is -1.77. The summed E-state index contributed by atoms with van der Waals surface area (Å²) in [6.07, 6.45) is 1.75. The molecule has 0 saturated heterocycles. The second-order valence-corrected chi connectivity index (χ2v) is 2.81. The first-order chi connectivity index (χ1) is 3.41. The van der Waals surface area contributed by atoms with Crippen LogP contribution in [0.25, 0.3) is 0 Å². The highest BCUT2D eigenvalue weighted by Crippen LogP contribution is 1.82. The Bertz CT molecular complexity index is 129. The molecule has 0 aliphatic rings. The third-order valence-electron chi connectivity index (χ3n) is 0. The normalized spacial score (nSPS) is 8.88. The minimum absolute atomic E-state index is 1.75.